The van der Waals surface area contributed by atoms with E-state index in [0.717, 1.165) is 19.3 Å². The van der Waals surface area contributed by atoms with Crippen molar-refractivity contribution in [3.05, 3.63) is 12.2 Å². The number of carbonyl (C=O) groups excluding carboxylic acids is 1. The quantitative estimate of drug-likeness (QED) is 0.190. The number of unbranched alkanes of at least 4 members (excludes halogenated alkanes) is 13. The standard InChI is InChI=1S/C23H43NO4/c1-2-3-4-5-6-7-8-9-10-11-12-13-14-15-16-17-18-19-22(26)24-21(20-25)23(27)28/h9-10,21,25H,2-8,11-20H2,1H3,(H,24,26)(H,27,28)/b10-9-/t21-/m0/s1. The van der Waals surface area contributed by atoms with Gasteiger partial charge in [0.15, 0.2) is 0 Å². The fourth-order valence-electron chi connectivity index (χ4n) is 3.16. The lowest BCUT2D eigenvalue weighted by Crippen LogP contribution is -2.43. The molecule has 28 heavy (non-hydrogen) atoms. The molecule has 0 heterocycles. The number of amides is 1. The van der Waals surface area contributed by atoms with Gasteiger partial charge in [-0.1, -0.05) is 83.3 Å². The Bertz CT molecular complexity index is 409. The Morgan fingerprint density at radius 1 is 0.786 bits per heavy atom. The van der Waals surface area contributed by atoms with Crippen LogP contribution in [0.4, 0.5) is 0 Å². The highest BCUT2D eigenvalue weighted by Gasteiger charge is 2.17. The fraction of sp³-hybridized carbons (Fsp3) is 0.826. The molecule has 5 heteroatoms. The van der Waals surface area contributed by atoms with Gasteiger partial charge in [0, 0.05) is 6.42 Å². The molecular formula is C23H43NO4. The highest BCUT2D eigenvalue weighted by Crippen LogP contribution is 2.11. The molecule has 0 radical (unpaired) electrons. The van der Waals surface area contributed by atoms with Gasteiger partial charge in [0.1, 0.15) is 6.04 Å². The number of carbonyl (C=O) groups is 2. The summed E-state index contributed by atoms with van der Waals surface area (Å²) in [6.07, 6.45) is 23.4. The summed E-state index contributed by atoms with van der Waals surface area (Å²) in [6.45, 7) is 1.68. The van der Waals surface area contributed by atoms with Gasteiger partial charge in [-0.2, -0.15) is 0 Å². The largest absolute Gasteiger partial charge is 0.480 e. The molecule has 3 N–H and O–H groups in total. The maximum Gasteiger partial charge on any atom is 0.328 e. The predicted molar refractivity (Wildman–Crippen MR) is 115 cm³/mol. The molecule has 0 aliphatic heterocycles. The molecule has 0 rings (SSSR count). The Hall–Kier alpha value is -1.36. The van der Waals surface area contributed by atoms with Gasteiger partial charge in [-0.15, -0.1) is 0 Å². The van der Waals surface area contributed by atoms with E-state index in [0.29, 0.717) is 6.42 Å². The van der Waals surface area contributed by atoms with Crippen LogP contribution in [0.1, 0.15) is 110 Å². The van der Waals surface area contributed by atoms with Crippen molar-refractivity contribution >= 4 is 11.9 Å². The van der Waals surface area contributed by atoms with E-state index in [4.69, 9.17) is 10.2 Å². The third-order valence-electron chi connectivity index (χ3n) is 4.98. The third kappa shape index (κ3) is 18.0. The molecule has 164 valence electrons. The SMILES string of the molecule is CCCCCCCC/C=C\CCCCCCCCCC(=O)N[C@@H](CO)C(=O)O. The topological polar surface area (TPSA) is 86.6 Å². The minimum absolute atomic E-state index is 0.297. The fourth-order valence-corrected chi connectivity index (χ4v) is 3.16. The zero-order chi connectivity index (χ0) is 20.9. The Labute approximate surface area is 172 Å². The van der Waals surface area contributed by atoms with Crippen LogP contribution in [0.2, 0.25) is 0 Å². The average Bonchev–Trinajstić information content (AvgIpc) is 2.68. The van der Waals surface area contributed by atoms with Gasteiger partial charge in [0.05, 0.1) is 6.61 Å². The predicted octanol–water partition coefficient (Wildman–Crippen LogP) is 5.37. The van der Waals surface area contributed by atoms with Crippen molar-refractivity contribution < 1.29 is 19.8 Å². The Balaban J connectivity index is 3.32. The first-order valence-corrected chi connectivity index (χ1v) is 11.4. The second kappa shape index (κ2) is 20.4. The first kappa shape index (κ1) is 26.6. The zero-order valence-corrected chi connectivity index (χ0v) is 18.0. The summed E-state index contributed by atoms with van der Waals surface area (Å²) in [6, 6.07) is -1.19. The molecule has 0 saturated carbocycles. The van der Waals surface area contributed by atoms with Gasteiger partial charge >= 0.3 is 5.97 Å². The highest BCUT2D eigenvalue weighted by atomic mass is 16.4. The number of aliphatic hydroxyl groups is 1. The Morgan fingerprint density at radius 3 is 1.71 bits per heavy atom. The van der Waals surface area contributed by atoms with E-state index in [2.05, 4.69) is 24.4 Å². The van der Waals surface area contributed by atoms with Crippen molar-refractivity contribution in [2.24, 2.45) is 0 Å². The lowest BCUT2D eigenvalue weighted by atomic mass is 10.1. The number of carboxylic acid groups (broad SMARTS) is 1. The summed E-state index contributed by atoms with van der Waals surface area (Å²) in [5.41, 5.74) is 0. The molecule has 0 aliphatic rings. The smallest absolute Gasteiger partial charge is 0.328 e. The molecule has 1 atom stereocenters. The molecule has 5 nitrogen and oxygen atoms in total. The molecule has 0 saturated heterocycles. The van der Waals surface area contributed by atoms with Gasteiger partial charge in [-0.25, -0.2) is 4.79 Å². The van der Waals surface area contributed by atoms with Gasteiger partial charge in [-0.05, 0) is 32.1 Å². The lowest BCUT2D eigenvalue weighted by molar-refractivity contribution is -0.142. The van der Waals surface area contributed by atoms with Crippen molar-refractivity contribution in [3.8, 4) is 0 Å². The molecule has 0 unspecified atom stereocenters. The molecule has 1 amide bonds. The van der Waals surface area contributed by atoms with E-state index in [1.54, 1.807) is 0 Å². The molecule has 0 aromatic carbocycles. The van der Waals surface area contributed by atoms with Crippen LogP contribution in [-0.2, 0) is 9.59 Å². The minimum atomic E-state index is -1.20. The second-order valence-corrected chi connectivity index (χ2v) is 7.68. The number of hydrogen-bond donors (Lipinski definition) is 3. The number of allylic oxidation sites excluding steroid dienone is 2. The molecule has 0 bridgehead atoms. The zero-order valence-electron chi connectivity index (χ0n) is 18.0. The van der Waals surface area contributed by atoms with Crippen molar-refractivity contribution in [1.82, 2.24) is 5.32 Å². The second-order valence-electron chi connectivity index (χ2n) is 7.68. The normalized spacial score (nSPS) is 12.4. The summed E-state index contributed by atoms with van der Waals surface area (Å²) in [5, 5.41) is 20.0. The summed E-state index contributed by atoms with van der Waals surface area (Å²) in [7, 11) is 0. The first-order valence-electron chi connectivity index (χ1n) is 11.4. The van der Waals surface area contributed by atoms with Gasteiger partial charge < -0.3 is 15.5 Å². The maximum absolute atomic E-state index is 11.6. The van der Waals surface area contributed by atoms with E-state index < -0.39 is 18.6 Å². The van der Waals surface area contributed by atoms with Crippen LogP contribution in [0.15, 0.2) is 12.2 Å². The van der Waals surface area contributed by atoms with Crippen LogP contribution in [0, 0.1) is 0 Å². The number of rotatable bonds is 20. The van der Waals surface area contributed by atoms with Crippen LogP contribution < -0.4 is 5.32 Å². The summed E-state index contributed by atoms with van der Waals surface area (Å²) in [4.78, 5) is 22.3. The monoisotopic (exact) mass is 397 g/mol. The first-order chi connectivity index (χ1) is 13.6. The number of hydrogen-bond acceptors (Lipinski definition) is 3. The van der Waals surface area contributed by atoms with Crippen LogP contribution in [0.3, 0.4) is 0 Å². The molecule has 0 aliphatic carbocycles. The Morgan fingerprint density at radius 2 is 1.25 bits per heavy atom. The van der Waals surface area contributed by atoms with Crippen molar-refractivity contribution in [1.29, 1.82) is 0 Å². The molecule has 0 aromatic heterocycles. The van der Waals surface area contributed by atoms with Crippen LogP contribution in [0.25, 0.3) is 0 Å². The van der Waals surface area contributed by atoms with Crippen molar-refractivity contribution in [2.75, 3.05) is 6.61 Å². The molecule has 0 spiro atoms. The maximum atomic E-state index is 11.6. The van der Waals surface area contributed by atoms with Gasteiger partial charge in [0.2, 0.25) is 5.91 Å². The number of aliphatic carboxylic acids is 1. The van der Waals surface area contributed by atoms with E-state index in [1.807, 2.05) is 0 Å². The van der Waals surface area contributed by atoms with E-state index >= 15 is 0 Å². The Kier molecular flexibility index (Phi) is 19.4. The number of nitrogens with one attached hydrogen (secondary N) is 1. The minimum Gasteiger partial charge on any atom is -0.480 e. The van der Waals surface area contributed by atoms with Crippen LogP contribution in [-0.4, -0.2) is 34.7 Å². The number of carboxylic acids is 1. The summed E-state index contributed by atoms with van der Waals surface area (Å²) >= 11 is 0. The van der Waals surface area contributed by atoms with Gasteiger partial charge in [-0.3, -0.25) is 4.79 Å². The van der Waals surface area contributed by atoms with Crippen LogP contribution >= 0.6 is 0 Å². The van der Waals surface area contributed by atoms with E-state index in [1.165, 1.54) is 77.0 Å². The summed E-state index contributed by atoms with van der Waals surface area (Å²) < 4.78 is 0. The molecule has 0 aromatic rings. The number of aliphatic hydroxyl groups excluding tert-OH is 1. The van der Waals surface area contributed by atoms with E-state index in [9.17, 15) is 9.59 Å². The lowest BCUT2D eigenvalue weighted by Gasteiger charge is -2.11. The van der Waals surface area contributed by atoms with Crippen LogP contribution in [0.5, 0.6) is 0 Å². The molecular weight excluding hydrogens is 354 g/mol. The third-order valence-corrected chi connectivity index (χ3v) is 4.98. The highest BCUT2D eigenvalue weighted by molar-refractivity contribution is 5.83. The van der Waals surface area contributed by atoms with E-state index in [-0.39, 0.29) is 5.91 Å². The average molecular weight is 398 g/mol. The van der Waals surface area contributed by atoms with Crippen molar-refractivity contribution in [2.45, 2.75) is 116 Å². The summed E-state index contributed by atoms with van der Waals surface area (Å²) in [5.74, 6) is -1.50. The molecule has 0 fully saturated rings. The van der Waals surface area contributed by atoms with Crippen molar-refractivity contribution in [3.63, 3.8) is 0 Å². The van der Waals surface area contributed by atoms with Gasteiger partial charge in [0.25, 0.3) is 0 Å².